The van der Waals surface area contributed by atoms with Gasteiger partial charge in [0.05, 0.1) is 0 Å². The van der Waals surface area contributed by atoms with Gasteiger partial charge >= 0.3 is 0 Å². The molecule has 0 fully saturated rings. The van der Waals surface area contributed by atoms with Crippen LogP contribution in [-0.4, -0.2) is 0 Å². The normalized spacial score (nSPS) is 14.5. The largest absolute Gasteiger partial charge is 0.0950 e. The molecule has 13 heavy (non-hydrogen) atoms. The van der Waals surface area contributed by atoms with Crippen LogP contribution in [0.15, 0.2) is 23.8 Å². The highest BCUT2D eigenvalue weighted by Crippen LogP contribution is 2.38. The van der Waals surface area contributed by atoms with Gasteiger partial charge in [0, 0.05) is 0 Å². The third-order valence-electron chi connectivity index (χ3n) is 2.33. The zero-order valence-corrected chi connectivity index (χ0v) is 10.3. The van der Waals surface area contributed by atoms with E-state index in [1.807, 2.05) is 0 Å². The van der Waals surface area contributed by atoms with Crippen molar-refractivity contribution in [3.8, 4) is 0 Å². The number of allylic oxidation sites excluding steroid dienone is 3. The molecular weight excluding hydrogens is 156 g/mol. The van der Waals surface area contributed by atoms with E-state index in [0.29, 0.717) is 0 Å². The molecular formula is C13H24. The molecule has 0 nitrogen and oxygen atoms in total. The minimum atomic E-state index is 0.176. The van der Waals surface area contributed by atoms with E-state index >= 15 is 0 Å². The third kappa shape index (κ3) is 3.38. The molecule has 0 aliphatic heterocycles. The molecule has 0 rings (SSSR count). The van der Waals surface area contributed by atoms with Crippen molar-refractivity contribution in [2.24, 2.45) is 10.8 Å². The fourth-order valence-corrected chi connectivity index (χ4v) is 1.46. The van der Waals surface area contributed by atoms with E-state index in [-0.39, 0.29) is 10.8 Å². The van der Waals surface area contributed by atoms with Gasteiger partial charge in [-0.1, -0.05) is 54.2 Å². The van der Waals surface area contributed by atoms with E-state index in [9.17, 15) is 0 Å². The molecule has 0 atom stereocenters. The van der Waals surface area contributed by atoms with Gasteiger partial charge in [0.1, 0.15) is 0 Å². The highest BCUT2D eigenvalue weighted by molar-refractivity contribution is 5.36. The Morgan fingerprint density at radius 2 is 1.31 bits per heavy atom. The minimum Gasteiger partial charge on any atom is -0.0950 e. The lowest BCUT2D eigenvalue weighted by molar-refractivity contribution is 0.447. The molecule has 0 spiro atoms. The van der Waals surface area contributed by atoms with Gasteiger partial charge < -0.3 is 0 Å². The molecule has 0 saturated carbocycles. The summed E-state index contributed by atoms with van der Waals surface area (Å²) in [7, 11) is 0. The SMILES string of the molecule is C=C(/C(=C\C)C(C)(C)C)C(C)(C)C. The Kier molecular flexibility index (Phi) is 3.54. The van der Waals surface area contributed by atoms with Crippen LogP contribution in [0, 0.1) is 10.8 Å². The van der Waals surface area contributed by atoms with Gasteiger partial charge in [0.15, 0.2) is 0 Å². The van der Waals surface area contributed by atoms with Crippen molar-refractivity contribution in [2.45, 2.75) is 48.5 Å². The van der Waals surface area contributed by atoms with Crippen molar-refractivity contribution >= 4 is 0 Å². The van der Waals surface area contributed by atoms with Crippen LogP contribution in [0.3, 0.4) is 0 Å². The van der Waals surface area contributed by atoms with E-state index in [2.05, 4.69) is 61.1 Å². The molecule has 0 unspecified atom stereocenters. The molecule has 0 aromatic rings. The summed E-state index contributed by atoms with van der Waals surface area (Å²) in [5.41, 5.74) is 3.01. The van der Waals surface area contributed by atoms with Crippen molar-refractivity contribution < 1.29 is 0 Å². The van der Waals surface area contributed by atoms with Crippen LogP contribution in [0.1, 0.15) is 48.5 Å². The first kappa shape index (κ1) is 12.5. The van der Waals surface area contributed by atoms with Gasteiger partial charge in [-0.3, -0.25) is 0 Å². The van der Waals surface area contributed by atoms with Crippen LogP contribution >= 0.6 is 0 Å². The van der Waals surface area contributed by atoms with E-state index in [1.165, 1.54) is 11.1 Å². The lowest BCUT2D eigenvalue weighted by Crippen LogP contribution is -2.19. The Bertz CT molecular complexity index is 215. The average molecular weight is 180 g/mol. The highest BCUT2D eigenvalue weighted by Gasteiger charge is 2.25. The second-order valence-corrected chi connectivity index (χ2v) is 5.68. The first-order chi connectivity index (χ1) is 5.60. The summed E-state index contributed by atoms with van der Waals surface area (Å²) in [6.45, 7) is 19.6. The Morgan fingerprint density at radius 1 is 0.923 bits per heavy atom. The van der Waals surface area contributed by atoms with Gasteiger partial charge in [0.25, 0.3) is 0 Å². The molecule has 0 aliphatic rings. The zero-order chi connectivity index (χ0) is 10.9. The molecule has 0 N–H and O–H groups in total. The molecule has 0 aromatic heterocycles. The van der Waals surface area contributed by atoms with E-state index < -0.39 is 0 Å². The molecule has 0 amide bonds. The third-order valence-corrected chi connectivity index (χ3v) is 2.33. The van der Waals surface area contributed by atoms with Crippen molar-refractivity contribution in [1.29, 1.82) is 0 Å². The van der Waals surface area contributed by atoms with Crippen molar-refractivity contribution in [1.82, 2.24) is 0 Å². The maximum Gasteiger partial charge on any atom is -0.0132 e. The first-order valence-electron chi connectivity index (χ1n) is 4.97. The zero-order valence-electron chi connectivity index (χ0n) is 10.3. The van der Waals surface area contributed by atoms with Crippen LogP contribution in [0.2, 0.25) is 0 Å². The molecule has 0 saturated heterocycles. The van der Waals surface area contributed by atoms with Crippen molar-refractivity contribution in [3.05, 3.63) is 23.8 Å². The fraction of sp³-hybridized carbons (Fsp3) is 0.692. The van der Waals surface area contributed by atoms with Gasteiger partial charge in [0.2, 0.25) is 0 Å². The van der Waals surface area contributed by atoms with Gasteiger partial charge in [-0.2, -0.15) is 0 Å². The van der Waals surface area contributed by atoms with E-state index in [0.717, 1.165) is 0 Å². The van der Waals surface area contributed by atoms with Crippen LogP contribution in [-0.2, 0) is 0 Å². The summed E-state index contributed by atoms with van der Waals surface area (Å²) < 4.78 is 0. The lowest BCUT2D eigenvalue weighted by Gasteiger charge is -2.32. The molecule has 0 aromatic carbocycles. The second-order valence-electron chi connectivity index (χ2n) is 5.68. The summed E-state index contributed by atoms with van der Waals surface area (Å²) >= 11 is 0. The molecule has 0 radical (unpaired) electrons. The smallest absolute Gasteiger partial charge is 0.0132 e. The van der Waals surface area contributed by atoms with Crippen molar-refractivity contribution in [2.75, 3.05) is 0 Å². The molecule has 0 heteroatoms. The summed E-state index contributed by atoms with van der Waals surface area (Å²) in [4.78, 5) is 0. The first-order valence-corrected chi connectivity index (χ1v) is 4.97. The van der Waals surface area contributed by atoms with Crippen molar-refractivity contribution in [3.63, 3.8) is 0 Å². The van der Waals surface area contributed by atoms with Gasteiger partial charge in [-0.15, -0.1) is 0 Å². The maximum atomic E-state index is 4.20. The maximum absolute atomic E-state index is 4.20. The van der Waals surface area contributed by atoms with Crippen LogP contribution in [0.5, 0.6) is 0 Å². The van der Waals surface area contributed by atoms with Crippen LogP contribution in [0.25, 0.3) is 0 Å². The fourth-order valence-electron chi connectivity index (χ4n) is 1.46. The van der Waals surface area contributed by atoms with Gasteiger partial charge in [-0.25, -0.2) is 0 Å². The molecule has 0 heterocycles. The van der Waals surface area contributed by atoms with E-state index in [4.69, 9.17) is 0 Å². The lowest BCUT2D eigenvalue weighted by atomic mass is 9.73. The minimum absolute atomic E-state index is 0.176. The Morgan fingerprint density at radius 3 is 1.38 bits per heavy atom. The Balaban J connectivity index is 4.97. The molecule has 76 valence electrons. The summed E-state index contributed by atoms with van der Waals surface area (Å²) in [6, 6.07) is 0. The summed E-state index contributed by atoms with van der Waals surface area (Å²) in [6.07, 6.45) is 2.19. The summed E-state index contributed by atoms with van der Waals surface area (Å²) in [5, 5.41) is 0. The molecule has 0 aliphatic carbocycles. The Labute approximate surface area is 83.7 Å². The quantitative estimate of drug-likeness (QED) is 0.518. The van der Waals surface area contributed by atoms with E-state index in [1.54, 1.807) is 0 Å². The predicted molar refractivity (Wildman–Crippen MR) is 61.8 cm³/mol. The predicted octanol–water partition coefficient (Wildman–Crippen LogP) is 4.58. The average Bonchev–Trinajstić information content (AvgIpc) is 1.83. The number of hydrogen-bond donors (Lipinski definition) is 0. The topological polar surface area (TPSA) is 0 Å². The van der Waals surface area contributed by atoms with Gasteiger partial charge in [-0.05, 0) is 28.9 Å². The van der Waals surface area contributed by atoms with Crippen LogP contribution in [0.4, 0.5) is 0 Å². The Hall–Kier alpha value is -0.520. The number of hydrogen-bond acceptors (Lipinski definition) is 0. The number of rotatable bonds is 1. The monoisotopic (exact) mass is 180 g/mol. The van der Waals surface area contributed by atoms with Crippen LogP contribution < -0.4 is 0 Å². The standard InChI is InChI=1S/C13H24/c1-9-11(13(6,7)8)10(2)12(3,4)5/h9H,2H2,1,3-8H3/b11-9+. The highest BCUT2D eigenvalue weighted by atomic mass is 14.3. The second kappa shape index (κ2) is 3.69. The summed E-state index contributed by atoms with van der Waals surface area (Å²) in [5.74, 6) is 0. The molecule has 0 bridgehead atoms.